The molecule has 2 nitrogen and oxygen atoms in total. The molecule has 1 aliphatic heterocycles. The van der Waals surface area contributed by atoms with Crippen molar-refractivity contribution in [1.82, 2.24) is 0 Å². The van der Waals surface area contributed by atoms with Crippen molar-refractivity contribution in [3.8, 4) is 0 Å². The number of rotatable bonds is 3. The number of carbonyl (C=O) groups excluding carboxylic acids is 1. The summed E-state index contributed by atoms with van der Waals surface area (Å²) in [5.74, 6) is 0.586. The molecule has 0 saturated heterocycles. The number of aryl methyl sites for hydroxylation is 1. The number of hydrogen-bond acceptors (Lipinski definition) is 1. The number of hydrogen-bond donors (Lipinski definition) is 0. The van der Waals surface area contributed by atoms with Crippen LogP contribution >= 0.6 is 0 Å². The molecule has 0 amide bonds. The van der Waals surface area contributed by atoms with Crippen molar-refractivity contribution in [3.05, 3.63) is 65.4 Å². The highest BCUT2D eigenvalue weighted by Gasteiger charge is 2.64. The molecule has 0 bridgehead atoms. The number of fused-ring (bicyclic) bond motifs is 4. The summed E-state index contributed by atoms with van der Waals surface area (Å²) in [6.45, 7) is 14.0. The molecule has 2 heterocycles. The van der Waals surface area contributed by atoms with Crippen LogP contribution in [-0.2, 0) is 26.6 Å². The molecule has 198 valence electrons. The Bertz CT molecular complexity index is 1520. The van der Waals surface area contributed by atoms with Crippen molar-refractivity contribution in [3.63, 3.8) is 0 Å². The predicted octanol–water partition coefficient (Wildman–Crippen LogP) is 8.55. The Balaban J connectivity index is 1.74. The summed E-state index contributed by atoms with van der Waals surface area (Å²) in [5, 5.41) is 4.16. The lowest BCUT2D eigenvalue weighted by molar-refractivity contribution is -0.742. The van der Waals surface area contributed by atoms with Gasteiger partial charge in [-0.25, -0.2) is 0 Å². The minimum atomic E-state index is -0.300. The first kappa shape index (κ1) is 24.6. The second kappa shape index (κ2) is 8.03. The number of benzene rings is 2. The van der Waals surface area contributed by atoms with Crippen LogP contribution in [0, 0.1) is 6.92 Å². The summed E-state index contributed by atoms with van der Waals surface area (Å²) < 4.78 is 2.65. The Hall–Kier alpha value is -2.48. The van der Waals surface area contributed by atoms with Gasteiger partial charge in [0.05, 0.1) is 27.0 Å². The Morgan fingerprint density at radius 1 is 0.895 bits per heavy atom. The number of nitrogens with zero attached hydrogens (tertiary/aromatic N) is 1. The maximum atomic E-state index is 15.0. The Labute approximate surface area is 228 Å². The van der Waals surface area contributed by atoms with Gasteiger partial charge in [0.25, 0.3) is 0 Å². The average Bonchev–Trinajstić information content (AvgIpc) is 3.13. The molecule has 2 aromatic carbocycles. The van der Waals surface area contributed by atoms with Gasteiger partial charge < -0.3 is 0 Å². The van der Waals surface area contributed by atoms with E-state index in [-0.39, 0.29) is 21.8 Å². The zero-order valence-corrected chi connectivity index (χ0v) is 24.0. The fourth-order valence-electron chi connectivity index (χ4n) is 10.1. The van der Waals surface area contributed by atoms with E-state index in [0.717, 1.165) is 38.5 Å². The van der Waals surface area contributed by atoms with Crippen LogP contribution in [0.1, 0.15) is 120 Å². The van der Waals surface area contributed by atoms with Crippen molar-refractivity contribution in [2.45, 2.75) is 127 Å². The zero-order chi connectivity index (χ0) is 26.5. The van der Waals surface area contributed by atoms with Crippen LogP contribution in [0.2, 0.25) is 0 Å². The van der Waals surface area contributed by atoms with E-state index in [4.69, 9.17) is 0 Å². The molecule has 2 heteroatoms. The number of ketones is 1. The van der Waals surface area contributed by atoms with Gasteiger partial charge in [0.2, 0.25) is 5.52 Å². The molecule has 3 aromatic rings. The third-order valence-corrected chi connectivity index (χ3v) is 12.2. The van der Waals surface area contributed by atoms with Gasteiger partial charge in [-0.15, -0.1) is 0 Å². The largest absolute Gasteiger partial charge is 0.298 e. The number of Topliss-reactive ketones (excluding diaryl/α,β-unsaturated/α-hetero) is 1. The molecule has 1 aromatic heterocycles. The van der Waals surface area contributed by atoms with Crippen molar-refractivity contribution in [2.75, 3.05) is 0 Å². The van der Waals surface area contributed by atoms with Crippen molar-refractivity contribution in [2.24, 2.45) is 0 Å². The molecule has 4 aliphatic rings. The molecule has 0 radical (unpaired) electrons. The molecule has 2 atom stereocenters. The van der Waals surface area contributed by atoms with Crippen LogP contribution in [-0.4, -0.2) is 5.78 Å². The summed E-state index contributed by atoms with van der Waals surface area (Å²) in [6, 6.07) is 9.44. The first-order chi connectivity index (χ1) is 18.3. The topological polar surface area (TPSA) is 20.9 Å². The van der Waals surface area contributed by atoms with E-state index in [1.165, 1.54) is 82.5 Å². The van der Waals surface area contributed by atoms with Crippen LogP contribution in [0.5, 0.6) is 0 Å². The van der Waals surface area contributed by atoms with Gasteiger partial charge in [-0.2, -0.15) is 4.57 Å². The lowest BCUT2D eigenvalue weighted by Crippen LogP contribution is -2.67. The molecule has 38 heavy (non-hydrogen) atoms. The summed E-state index contributed by atoms with van der Waals surface area (Å²) in [7, 11) is 0. The predicted molar refractivity (Wildman–Crippen MR) is 157 cm³/mol. The highest BCUT2D eigenvalue weighted by atomic mass is 16.1. The van der Waals surface area contributed by atoms with E-state index in [2.05, 4.69) is 75.4 Å². The summed E-state index contributed by atoms with van der Waals surface area (Å²) in [6.07, 6.45) is 18.1. The minimum Gasteiger partial charge on any atom is -0.298 e. The lowest BCUT2D eigenvalue weighted by Gasteiger charge is -2.46. The van der Waals surface area contributed by atoms with Crippen LogP contribution < -0.4 is 4.57 Å². The molecule has 7 rings (SSSR count). The van der Waals surface area contributed by atoms with Gasteiger partial charge in [-0.05, 0) is 80.2 Å². The van der Waals surface area contributed by atoms with Crippen molar-refractivity contribution >= 4 is 27.5 Å². The normalized spacial score (nSPS) is 29.0. The molecular weight excluding hydrogens is 462 g/mol. The SMILES string of the molecule is C=CC1(CC)[n+]2cc3c(c4cc(C)c5cccc(c5c42)C1(C)CC)C1(CCCCC1)C(=O)C31CCCCC1. The molecule has 2 unspecified atom stereocenters. The summed E-state index contributed by atoms with van der Waals surface area (Å²) >= 11 is 0. The highest BCUT2D eigenvalue weighted by molar-refractivity contribution is 6.14. The number of allylic oxidation sites excluding steroid dienone is 1. The minimum absolute atomic E-state index is 0.0828. The second-order valence-electron chi connectivity index (χ2n) is 13.4. The maximum absolute atomic E-state index is 15.0. The summed E-state index contributed by atoms with van der Waals surface area (Å²) in [4.78, 5) is 15.0. The van der Waals surface area contributed by atoms with Crippen LogP contribution in [0.15, 0.2) is 43.1 Å². The monoisotopic (exact) mass is 506 g/mol. The number of pyridine rings is 1. The Kier molecular flexibility index (Phi) is 5.19. The fraction of sp³-hybridized carbons (Fsp3) is 0.556. The number of carbonyl (C=O) groups is 1. The quantitative estimate of drug-likeness (QED) is 0.198. The van der Waals surface area contributed by atoms with Crippen molar-refractivity contribution < 1.29 is 9.36 Å². The molecule has 2 spiro atoms. The van der Waals surface area contributed by atoms with E-state index in [1.807, 2.05) is 0 Å². The molecule has 3 aliphatic carbocycles. The standard InChI is InChI=1S/C36H44NO/c1-6-33(5)27-17-15-16-25-24(4)22-26-30-28(23-37(31(26)29(25)27)36(33,7-2)8-3)34(18-11-9-12-19-34)32(38)35(30)20-13-10-14-21-35/h7,15-17,22-23H,2,6,8-14,18-21H2,1,3-5H3/q+1. The average molecular weight is 507 g/mol. The van der Waals surface area contributed by atoms with Crippen LogP contribution in [0.25, 0.3) is 21.7 Å². The van der Waals surface area contributed by atoms with Crippen molar-refractivity contribution in [1.29, 1.82) is 0 Å². The summed E-state index contributed by atoms with van der Waals surface area (Å²) in [5.41, 5.74) is 6.07. The molecule has 2 saturated carbocycles. The highest BCUT2D eigenvalue weighted by Crippen LogP contribution is 2.61. The fourth-order valence-corrected chi connectivity index (χ4v) is 10.1. The van der Waals surface area contributed by atoms with Gasteiger partial charge in [0.1, 0.15) is 0 Å². The van der Waals surface area contributed by atoms with Crippen LogP contribution in [0.4, 0.5) is 0 Å². The van der Waals surface area contributed by atoms with E-state index < -0.39 is 0 Å². The second-order valence-corrected chi connectivity index (χ2v) is 13.4. The van der Waals surface area contributed by atoms with E-state index >= 15 is 0 Å². The van der Waals surface area contributed by atoms with E-state index in [1.54, 1.807) is 0 Å². The third kappa shape index (κ3) is 2.57. The third-order valence-electron chi connectivity index (χ3n) is 12.2. The van der Waals surface area contributed by atoms with E-state index in [0.29, 0.717) is 5.78 Å². The first-order valence-corrected chi connectivity index (χ1v) is 15.5. The molecular formula is C36H44NO+. The Morgan fingerprint density at radius 3 is 2.16 bits per heavy atom. The first-order valence-electron chi connectivity index (χ1n) is 15.5. The molecule has 2 fully saturated rings. The zero-order valence-electron chi connectivity index (χ0n) is 24.0. The Morgan fingerprint density at radius 2 is 1.55 bits per heavy atom. The van der Waals surface area contributed by atoms with Crippen LogP contribution in [0.3, 0.4) is 0 Å². The maximum Gasteiger partial charge on any atom is 0.221 e. The van der Waals surface area contributed by atoms with Gasteiger partial charge >= 0.3 is 0 Å². The van der Waals surface area contributed by atoms with Gasteiger partial charge in [-0.3, -0.25) is 4.79 Å². The number of aromatic nitrogens is 1. The van der Waals surface area contributed by atoms with E-state index in [9.17, 15) is 4.79 Å². The van der Waals surface area contributed by atoms with Gasteiger partial charge in [0, 0.05) is 12.0 Å². The van der Waals surface area contributed by atoms with Gasteiger partial charge in [0.15, 0.2) is 17.5 Å². The molecule has 0 N–H and O–H groups in total. The lowest BCUT2D eigenvalue weighted by atomic mass is 9.60. The smallest absolute Gasteiger partial charge is 0.221 e. The van der Waals surface area contributed by atoms with Gasteiger partial charge in [-0.1, -0.05) is 77.2 Å².